The molecule has 8 nitrogen and oxygen atoms in total. The number of aromatic amines is 1. The van der Waals surface area contributed by atoms with Crippen molar-refractivity contribution in [3.8, 4) is 0 Å². The van der Waals surface area contributed by atoms with Crippen molar-refractivity contribution in [2.24, 2.45) is 0 Å². The van der Waals surface area contributed by atoms with Crippen molar-refractivity contribution in [2.75, 3.05) is 26.2 Å². The Morgan fingerprint density at radius 2 is 1.85 bits per heavy atom. The molecular formula is C12H13N5O3. The van der Waals surface area contributed by atoms with Gasteiger partial charge < -0.3 is 14.2 Å². The van der Waals surface area contributed by atoms with Gasteiger partial charge in [0.15, 0.2) is 11.5 Å². The number of carbonyl (C=O) groups is 2. The molecule has 3 rings (SSSR count). The largest absolute Gasteiger partial charge is 0.459 e. The molecule has 1 aliphatic heterocycles. The number of nitrogens with zero attached hydrogens (tertiary/aromatic N) is 4. The van der Waals surface area contributed by atoms with E-state index in [4.69, 9.17) is 4.42 Å². The highest BCUT2D eigenvalue weighted by atomic mass is 16.3. The van der Waals surface area contributed by atoms with Crippen molar-refractivity contribution in [3.63, 3.8) is 0 Å². The first-order valence-corrected chi connectivity index (χ1v) is 6.23. The van der Waals surface area contributed by atoms with Crippen LogP contribution in [0, 0.1) is 0 Å². The fourth-order valence-electron chi connectivity index (χ4n) is 2.14. The van der Waals surface area contributed by atoms with Crippen molar-refractivity contribution >= 4 is 11.8 Å². The molecule has 0 saturated carbocycles. The molecule has 2 aromatic rings. The molecule has 1 aliphatic rings. The Bertz CT molecular complexity index is 530. The molecule has 0 aromatic carbocycles. The fraction of sp³-hybridized carbons (Fsp3) is 0.333. The van der Waals surface area contributed by atoms with Crippen molar-refractivity contribution in [3.05, 3.63) is 36.0 Å². The molecule has 2 amide bonds. The first-order valence-electron chi connectivity index (χ1n) is 6.23. The van der Waals surface area contributed by atoms with E-state index in [2.05, 4.69) is 15.4 Å². The molecule has 8 heteroatoms. The molecule has 1 N–H and O–H groups in total. The van der Waals surface area contributed by atoms with Gasteiger partial charge in [-0.05, 0) is 12.1 Å². The number of amides is 2. The van der Waals surface area contributed by atoms with E-state index in [9.17, 15) is 9.59 Å². The summed E-state index contributed by atoms with van der Waals surface area (Å²) in [7, 11) is 0. The quantitative estimate of drug-likeness (QED) is 0.832. The summed E-state index contributed by atoms with van der Waals surface area (Å²) in [6.07, 6.45) is 2.86. The lowest BCUT2D eigenvalue weighted by molar-refractivity contribution is 0.0515. The zero-order valence-corrected chi connectivity index (χ0v) is 10.7. The first kappa shape index (κ1) is 12.4. The molecule has 3 heterocycles. The van der Waals surface area contributed by atoms with Gasteiger partial charge in [0, 0.05) is 26.2 Å². The highest BCUT2D eigenvalue weighted by Gasteiger charge is 2.27. The minimum atomic E-state index is -0.177. The SMILES string of the molecule is O=C(c1cn[nH]n1)N1CCN(C(=O)c2ccco2)CC1. The topological polar surface area (TPSA) is 95.3 Å². The van der Waals surface area contributed by atoms with Crippen molar-refractivity contribution in [2.45, 2.75) is 0 Å². The lowest BCUT2D eigenvalue weighted by atomic mass is 10.2. The van der Waals surface area contributed by atoms with Crippen LogP contribution in [0.3, 0.4) is 0 Å². The zero-order valence-electron chi connectivity index (χ0n) is 10.7. The van der Waals surface area contributed by atoms with Crippen molar-refractivity contribution in [1.29, 1.82) is 0 Å². The van der Waals surface area contributed by atoms with Gasteiger partial charge in [-0.1, -0.05) is 0 Å². The second kappa shape index (κ2) is 5.16. The van der Waals surface area contributed by atoms with Gasteiger partial charge in [0.2, 0.25) is 0 Å². The van der Waals surface area contributed by atoms with Crippen LogP contribution in [-0.4, -0.2) is 63.2 Å². The highest BCUT2D eigenvalue weighted by molar-refractivity contribution is 5.93. The van der Waals surface area contributed by atoms with E-state index in [1.807, 2.05) is 0 Å². The number of aromatic nitrogens is 3. The highest BCUT2D eigenvalue weighted by Crippen LogP contribution is 2.10. The Morgan fingerprint density at radius 1 is 1.15 bits per heavy atom. The molecule has 0 radical (unpaired) electrons. The summed E-state index contributed by atoms with van der Waals surface area (Å²) in [5, 5.41) is 9.79. The number of nitrogens with one attached hydrogen (secondary N) is 1. The van der Waals surface area contributed by atoms with Crippen LogP contribution in [0.1, 0.15) is 21.0 Å². The summed E-state index contributed by atoms with van der Waals surface area (Å²) in [4.78, 5) is 27.4. The summed E-state index contributed by atoms with van der Waals surface area (Å²) < 4.78 is 5.09. The Balaban J connectivity index is 1.60. The Morgan fingerprint density at radius 3 is 2.40 bits per heavy atom. The maximum atomic E-state index is 12.1. The molecule has 1 fully saturated rings. The number of hydrogen-bond donors (Lipinski definition) is 1. The third-order valence-corrected chi connectivity index (χ3v) is 3.22. The van der Waals surface area contributed by atoms with Crippen LogP contribution in [0.5, 0.6) is 0 Å². The monoisotopic (exact) mass is 275 g/mol. The second-order valence-electron chi connectivity index (χ2n) is 4.42. The number of furan rings is 1. The minimum Gasteiger partial charge on any atom is -0.459 e. The lowest BCUT2D eigenvalue weighted by Crippen LogP contribution is -2.50. The number of carbonyl (C=O) groups excluding carboxylic acids is 2. The van der Waals surface area contributed by atoms with E-state index < -0.39 is 0 Å². The van der Waals surface area contributed by atoms with Gasteiger partial charge >= 0.3 is 0 Å². The van der Waals surface area contributed by atoms with E-state index in [1.165, 1.54) is 12.5 Å². The van der Waals surface area contributed by atoms with Gasteiger partial charge in [-0.3, -0.25) is 9.59 Å². The normalized spacial score (nSPS) is 15.4. The summed E-state index contributed by atoms with van der Waals surface area (Å²) in [5.74, 6) is -0.00587. The third kappa shape index (κ3) is 2.27. The van der Waals surface area contributed by atoms with E-state index in [0.717, 1.165) is 0 Å². The van der Waals surface area contributed by atoms with Crippen LogP contribution in [0.4, 0.5) is 0 Å². The molecule has 0 unspecified atom stereocenters. The maximum absolute atomic E-state index is 12.1. The number of rotatable bonds is 2. The molecule has 0 bridgehead atoms. The molecule has 104 valence electrons. The van der Waals surface area contributed by atoms with Crippen LogP contribution >= 0.6 is 0 Å². The average Bonchev–Trinajstić information content (AvgIpc) is 3.18. The minimum absolute atomic E-state index is 0.150. The maximum Gasteiger partial charge on any atom is 0.289 e. The lowest BCUT2D eigenvalue weighted by Gasteiger charge is -2.33. The van der Waals surface area contributed by atoms with Crippen molar-refractivity contribution < 1.29 is 14.0 Å². The molecule has 2 aromatic heterocycles. The van der Waals surface area contributed by atoms with Gasteiger partial charge in [0.05, 0.1) is 12.5 Å². The molecular weight excluding hydrogens is 262 g/mol. The van der Waals surface area contributed by atoms with E-state index in [-0.39, 0.29) is 17.5 Å². The van der Waals surface area contributed by atoms with E-state index >= 15 is 0 Å². The smallest absolute Gasteiger partial charge is 0.289 e. The number of piperazine rings is 1. The molecule has 20 heavy (non-hydrogen) atoms. The van der Waals surface area contributed by atoms with Crippen LogP contribution in [-0.2, 0) is 0 Å². The summed E-state index contributed by atoms with van der Waals surface area (Å²) in [6, 6.07) is 3.31. The van der Waals surface area contributed by atoms with Crippen LogP contribution in [0.25, 0.3) is 0 Å². The van der Waals surface area contributed by atoms with Gasteiger partial charge in [-0.2, -0.15) is 15.4 Å². The molecule has 0 spiro atoms. The fourth-order valence-corrected chi connectivity index (χ4v) is 2.14. The summed E-state index contributed by atoms with van der Waals surface area (Å²) in [6.45, 7) is 1.89. The number of H-pyrrole nitrogens is 1. The summed E-state index contributed by atoms with van der Waals surface area (Å²) in [5.41, 5.74) is 0.288. The van der Waals surface area contributed by atoms with Crippen LogP contribution in [0.15, 0.2) is 29.0 Å². The van der Waals surface area contributed by atoms with E-state index in [0.29, 0.717) is 31.9 Å². The molecule has 0 aliphatic carbocycles. The molecule has 1 saturated heterocycles. The Labute approximate surface area is 114 Å². The zero-order chi connectivity index (χ0) is 13.9. The predicted octanol–water partition coefficient (Wildman–Crippen LogP) is -0.00410. The first-order chi connectivity index (χ1) is 9.75. The van der Waals surface area contributed by atoms with E-state index in [1.54, 1.807) is 21.9 Å². The standard InChI is InChI=1S/C12H13N5O3/c18-11(9-8-13-15-14-9)16-3-5-17(6-4-16)12(19)10-2-1-7-20-10/h1-2,7-8H,3-6H2,(H,13,14,15). The van der Waals surface area contributed by atoms with Crippen LogP contribution in [0.2, 0.25) is 0 Å². The summed E-state index contributed by atoms with van der Waals surface area (Å²) >= 11 is 0. The van der Waals surface area contributed by atoms with Gasteiger partial charge in [0.25, 0.3) is 11.8 Å². The van der Waals surface area contributed by atoms with Gasteiger partial charge in [-0.15, -0.1) is 0 Å². The van der Waals surface area contributed by atoms with Gasteiger partial charge in [-0.25, -0.2) is 0 Å². The molecule has 0 atom stereocenters. The Hall–Kier alpha value is -2.64. The second-order valence-corrected chi connectivity index (χ2v) is 4.42. The predicted molar refractivity (Wildman–Crippen MR) is 66.9 cm³/mol. The number of hydrogen-bond acceptors (Lipinski definition) is 5. The van der Waals surface area contributed by atoms with Gasteiger partial charge in [0.1, 0.15) is 0 Å². The van der Waals surface area contributed by atoms with Crippen LogP contribution < -0.4 is 0 Å². The third-order valence-electron chi connectivity index (χ3n) is 3.22. The average molecular weight is 275 g/mol. The van der Waals surface area contributed by atoms with Crippen molar-refractivity contribution in [1.82, 2.24) is 25.2 Å². The Kier molecular flexibility index (Phi) is 3.20.